The highest BCUT2D eigenvalue weighted by Crippen LogP contribution is 2.58. The lowest BCUT2D eigenvalue weighted by atomic mass is 10.1. The molecule has 2 atom stereocenters. The standard InChI is InChI=1S/C8H13NO4/c1-8(2)4(5(8)7(11)12)6(10)9-13-3/h4-5H,1-3H3,(H,9,10)(H,11,12). The van der Waals surface area contributed by atoms with Gasteiger partial charge in [0.1, 0.15) is 0 Å². The Bertz CT molecular complexity index is 249. The predicted octanol–water partition coefficient (Wildman–Crippen LogP) is 0.0208. The second kappa shape index (κ2) is 2.99. The monoisotopic (exact) mass is 187 g/mol. The third-order valence-electron chi connectivity index (χ3n) is 2.58. The lowest BCUT2D eigenvalue weighted by molar-refractivity contribution is -0.142. The van der Waals surface area contributed by atoms with Gasteiger partial charge in [-0.1, -0.05) is 13.8 Å². The van der Waals surface area contributed by atoms with Crippen LogP contribution in [0.2, 0.25) is 0 Å². The first-order valence-electron chi connectivity index (χ1n) is 3.98. The highest BCUT2D eigenvalue weighted by Gasteiger charge is 2.66. The Hall–Kier alpha value is -1.10. The maximum Gasteiger partial charge on any atom is 0.307 e. The number of hydroxylamine groups is 1. The number of rotatable bonds is 3. The Morgan fingerprint density at radius 1 is 1.38 bits per heavy atom. The zero-order chi connectivity index (χ0) is 10.2. The largest absolute Gasteiger partial charge is 0.481 e. The Kier molecular flexibility index (Phi) is 2.30. The number of hydrogen-bond acceptors (Lipinski definition) is 3. The molecule has 0 aliphatic heterocycles. The molecule has 0 saturated heterocycles. The number of hydrogen-bond donors (Lipinski definition) is 2. The van der Waals surface area contributed by atoms with Gasteiger partial charge < -0.3 is 5.11 Å². The number of aliphatic carboxylic acids is 1. The molecule has 2 N–H and O–H groups in total. The van der Waals surface area contributed by atoms with Crippen LogP contribution in [0.15, 0.2) is 0 Å². The van der Waals surface area contributed by atoms with Crippen LogP contribution in [0, 0.1) is 17.3 Å². The first-order valence-corrected chi connectivity index (χ1v) is 3.98. The first-order chi connectivity index (χ1) is 5.92. The summed E-state index contributed by atoms with van der Waals surface area (Å²) in [4.78, 5) is 26.3. The van der Waals surface area contributed by atoms with Crippen LogP contribution in [0.3, 0.4) is 0 Å². The molecule has 0 aromatic heterocycles. The third-order valence-corrected chi connectivity index (χ3v) is 2.58. The van der Waals surface area contributed by atoms with Crippen molar-refractivity contribution < 1.29 is 19.5 Å². The summed E-state index contributed by atoms with van der Waals surface area (Å²) in [6.45, 7) is 3.51. The molecule has 1 aliphatic rings. The molecule has 5 nitrogen and oxygen atoms in total. The Morgan fingerprint density at radius 2 is 1.92 bits per heavy atom. The van der Waals surface area contributed by atoms with Gasteiger partial charge in [-0.05, 0) is 5.41 Å². The summed E-state index contributed by atoms with van der Waals surface area (Å²) < 4.78 is 0. The van der Waals surface area contributed by atoms with Crippen molar-refractivity contribution in [2.75, 3.05) is 7.11 Å². The molecule has 0 spiro atoms. The molecule has 1 aliphatic carbocycles. The average molecular weight is 187 g/mol. The molecule has 1 amide bonds. The van der Waals surface area contributed by atoms with Gasteiger partial charge in [0.25, 0.3) is 0 Å². The molecule has 0 heterocycles. The average Bonchev–Trinajstić information content (AvgIpc) is 2.54. The fraction of sp³-hybridized carbons (Fsp3) is 0.750. The van der Waals surface area contributed by atoms with E-state index in [1.807, 2.05) is 0 Å². The van der Waals surface area contributed by atoms with Crippen LogP contribution in [0.25, 0.3) is 0 Å². The number of nitrogens with one attached hydrogen (secondary N) is 1. The van der Waals surface area contributed by atoms with E-state index in [4.69, 9.17) is 5.11 Å². The number of amides is 1. The van der Waals surface area contributed by atoms with Crippen molar-refractivity contribution >= 4 is 11.9 Å². The SMILES string of the molecule is CONC(=O)C1C(C(=O)O)C1(C)C. The second-order valence-electron chi connectivity index (χ2n) is 3.79. The summed E-state index contributed by atoms with van der Waals surface area (Å²) in [6.07, 6.45) is 0. The fourth-order valence-corrected chi connectivity index (χ4v) is 1.75. The summed E-state index contributed by atoms with van der Waals surface area (Å²) in [7, 11) is 1.32. The molecule has 0 aromatic rings. The maximum atomic E-state index is 11.2. The van der Waals surface area contributed by atoms with Crippen LogP contribution in [-0.4, -0.2) is 24.1 Å². The predicted molar refractivity (Wildman–Crippen MR) is 43.5 cm³/mol. The molecule has 0 aromatic carbocycles. The zero-order valence-electron chi connectivity index (χ0n) is 7.83. The molecule has 0 bridgehead atoms. The van der Waals surface area contributed by atoms with Crippen molar-refractivity contribution in [3.8, 4) is 0 Å². The lowest BCUT2D eigenvalue weighted by Gasteiger charge is -2.01. The first kappa shape index (κ1) is 9.98. The topological polar surface area (TPSA) is 75.6 Å². The fourth-order valence-electron chi connectivity index (χ4n) is 1.75. The number of carbonyl (C=O) groups is 2. The van der Waals surface area contributed by atoms with Crippen molar-refractivity contribution in [1.29, 1.82) is 0 Å². The van der Waals surface area contributed by atoms with E-state index in [2.05, 4.69) is 10.3 Å². The van der Waals surface area contributed by atoms with E-state index in [0.717, 1.165) is 0 Å². The minimum Gasteiger partial charge on any atom is -0.481 e. The van der Waals surface area contributed by atoms with Gasteiger partial charge in [-0.3, -0.25) is 14.4 Å². The Labute approximate surface area is 76.0 Å². The maximum absolute atomic E-state index is 11.2. The zero-order valence-corrected chi connectivity index (χ0v) is 7.83. The van der Waals surface area contributed by atoms with Crippen molar-refractivity contribution in [3.63, 3.8) is 0 Å². The van der Waals surface area contributed by atoms with E-state index in [1.54, 1.807) is 13.8 Å². The van der Waals surface area contributed by atoms with Crippen molar-refractivity contribution in [3.05, 3.63) is 0 Å². The van der Waals surface area contributed by atoms with E-state index in [-0.39, 0.29) is 5.91 Å². The van der Waals surface area contributed by atoms with E-state index in [1.165, 1.54) is 7.11 Å². The molecular weight excluding hydrogens is 174 g/mol. The van der Waals surface area contributed by atoms with Crippen molar-refractivity contribution in [1.82, 2.24) is 5.48 Å². The Balaban J connectivity index is 2.65. The molecule has 0 radical (unpaired) electrons. The van der Waals surface area contributed by atoms with E-state index >= 15 is 0 Å². The molecule has 1 fully saturated rings. The minimum atomic E-state index is -0.929. The summed E-state index contributed by atoms with van der Waals surface area (Å²) in [5.41, 5.74) is 1.68. The van der Waals surface area contributed by atoms with Crippen LogP contribution in [0.1, 0.15) is 13.8 Å². The van der Waals surface area contributed by atoms with Gasteiger partial charge in [0.05, 0.1) is 18.9 Å². The molecule has 1 saturated carbocycles. The highest BCUT2D eigenvalue weighted by atomic mass is 16.6. The lowest BCUT2D eigenvalue weighted by Crippen LogP contribution is -2.26. The van der Waals surface area contributed by atoms with Crippen LogP contribution in [0.5, 0.6) is 0 Å². The number of carboxylic acids is 1. The van der Waals surface area contributed by atoms with Gasteiger partial charge >= 0.3 is 5.97 Å². The van der Waals surface area contributed by atoms with Crippen molar-refractivity contribution in [2.45, 2.75) is 13.8 Å². The summed E-state index contributed by atoms with van der Waals surface area (Å²) in [5.74, 6) is -2.37. The molecule has 1 rings (SSSR count). The molecule has 74 valence electrons. The second-order valence-corrected chi connectivity index (χ2v) is 3.79. The molecule has 13 heavy (non-hydrogen) atoms. The van der Waals surface area contributed by atoms with Crippen molar-refractivity contribution in [2.24, 2.45) is 17.3 Å². The summed E-state index contributed by atoms with van der Waals surface area (Å²) in [5, 5.41) is 8.76. The van der Waals surface area contributed by atoms with E-state index < -0.39 is 23.2 Å². The van der Waals surface area contributed by atoms with Gasteiger partial charge in [-0.2, -0.15) is 0 Å². The van der Waals surface area contributed by atoms with Gasteiger partial charge in [0.15, 0.2) is 0 Å². The molecule has 2 unspecified atom stereocenters. The normalized spacial score (nSPS) is 29.5. The quantitative estimate of drug-likeness (QED) is 0.611. The van der Waals surface area contributed by atoms with Gasteiger partial charge in [0.2, 0.25) is 5.91 Å². The van der Waals surface area contributed by atoms with E-state index in [9.17, 15) is 9.59 Å². The smallest absolute Gasteiger partial charge is 0.307 e. The summed E-state index contributed by atoms with van der Waals surface area (Å²) >= 11 is 0. The van der Waals surface area contributed by atoms with Crippen LogP contribution in [-0.2, 0) is 14.4 Å². The van der Waals surface area contributed by atoms with Crippen LogP contribution in [0.4, 0.5) is 0 Å². The minimum absolute atomic E-state index is 0.361. The van der Waals surface area contributed by atoms with Gasteiger partial charge in [-0.15, -0.1) is 0 Å². The molecule has 5 heteroatoms. The molecular formula is C8H13NO4. The van der Waals surface area contributed by atoms with Gasteiger partial charge in [0, 0.05) is 0 Å². The van der Waals surface area contributed by atoms with Crippen LogP contribution >= 0.6 is 0 Å². The number of carbonyl (C=O) groups excluding carboxylic acids is 1. The Morgan fingerprint density at radius 3 is 2.23 bits per heavy atom. The third kappa shape index (κ3) is 1.51. The van der Waals surface area contributed by atoms with Gasteiger partial charge in [-0.25, -0.2) is 5.48 Å². The number of carboxylic acid groups (broad SMARTS) is 1. The summed E-state index contributed by atoms with van der Waals surface area (Å²) in [6, 6.07) is 0. The van der Waals surface area contributed by atoms with Crippen LogP contribution < -0.4 is 5.48 Å². The highest BCUT2D eigenvalue weighted by molar-refractivity contribution is 5.91. The van der Waals surface area contributed by atoms with E-state index in [0.29, 0.717) is 0 Å².